The molecular weight excluding hydrogens is 328 g/mol. The van der Waals surface area contributed by atoms with Gasteiger partial charge in [0, 0.05) is 10.4 Å². The quantitative estimate of drug-likeness (QED) is 0.798. The molecule has 0 saturated heterocycles. The number of hydrogen-bond donors (Lipinski definition) is 1. The Morgan fingerprint density at radius 3 is 2.56 bits per heavy atom. The number of benzene rings is 1. The Hall–Kier alpha value is -2.12. The lowest BCUT2D eigenvalue weighted by Crippen LogP contribution is -2.14. The number of carbonyl (C=O) groups excluding carboxylic acids is 1. The van der Waals surface area contributed by atoms with Crippen LogP contribution in [0.4, 0.5) is 5.00 Å². The van der Waals surface area contributed by atoms with E-state index in [0.717, 1.165) is 24.8 Å². The summed E-state index contributed by atoms with van der Waals surface area (Å²) in [4.78, 5) is 13.9. The first-order valence-corrected chi connectivity index (χ1v) is 9.57. The molecule has 0 unspecified atom stereocenters. The van der Waals surface area contributed by atoms with Crippen molar-refractivity contribution in [1.82, 2.24) is 0 Å². The molecule has 4 heteroatoms. The predicted molar refractivity (Wildman–Crippen MR) is 103 cm³/mol. The lowest BCUT2D eigenvalue weighted by Gasteiger charge is -2.19. The van der Waals surface area contributed by atoms with E-state index in [0.29, 0.717) is 22.0 Å². The summed E-state index contributed by atoms with van der Waals surface area (Å²) in [5, 5.41) is 13.2. The van der Waals surface area contributed by atoms with Crippen LogP contribution in [0, 0.1) is 17.2 Å². The van der Waals surface area contributed by atoms with Gasteiger partial charge in [0.25, 0.3) is 5.91 Å². The maximum absolute atomic E-state index is 12.6. The summed E-state index contributed by atoms with van der Waals surface area (Å²) in [7, 11) is 0. The van der Waals surface area contributed by atoms with Crippen LogP contribution in [-0.2, 0) is 18.3 Å². The molecule has 1 heterocycles. The van der Waals surface area contributed by atoms with Gasteiger partial charge in [-0.15, -0.1) is 11.3 Å². The van der Waals surface area contributed by atoms with Gasteiger partial charge in [-0.3, -0.25) is 4.79 Å². The van der Waals surface area contributed by atoms with Crippen molar-refractivity contribution in [2.45, 2.75) is 52.4 Å². The van der Waals surface area contributed by atoms with E-state index in [1.54, 1.807) is 11.3 Å². The molecule has 130 valence electrons. The van der Waals surface area contributed by atoms with Crippen molar-refractivity contribution in [1.29, 1.82) is 5.26 Å². The third-order valence-electron chi connectivity index (χ3n) is 4.86. The van der Waals surface area contributed by atoms with E-state index in [4.69, 9.17) is 0 Å². The van der Waals surface area contributed by atoms with Gasteiger partial charge in [0.15, 0.2) is 0 Å². The van der Waals surface area contributed by atoms with E-state index >= 15 is 0 Å². The van der Waals surface area contributed by atoms with Gasteiger partial charge >= 0.3 is 0 Å². The Bertz CT molecular complexity index is 835. The van der Waals surface area contributed by atoms with Crippen LogP contribution in [0.3, 0.4) is 0 Å². The second-order valence-corrected chi connectivity index (χ2v) is 9.05. The highest BCUT2D eigenvalue weighted by molar-refractivity contribution is 7.16. The Labute approximate surface area is 153 Å². The van der Waals surface area contributed by atoms with Crippen LogP contribution in [0.25, 0.3) is 0 Å². The second kappa shape index (κ2) is 6.65. The molecule has 0 radical (unpaired) electrons. The van der Waals surface area contributed by atoms with E-state index in [9.17, 15) is 10.1 Å². The summed E-state index contributed by atoms with van der Waals surface area (Å²) in [6.07, 6.45) is 3.05. The van der Waals surface area contributed by atoms with Crippen molar-refractivity contribution in [2.75, 3.05) is 5.32 Å². The summed E-state index contributed by atoms with van der Waals surface area (Å²) >= 11 is 1.57. The Kier molecular flexibility index (Phi) is 4.71. The summed E-state index contributed by atoms with van der Waals surface area (Å²) < 4.78 is 0. The SMILES string of the molecule is C[C@@H]1CCc2c(sc(NC(=O)c3ccc(C(C)(C)C)cc3)c2C#N)C1. The molecule has 1 N–H and O–H groups in total. The highest BCUT2D eigenvalue weighted by atomic mass is 32.1. The van der Waals surface area contributed by atoms with Crippen LogP contribution in [0.15, 0.2) is 24.3 Å². The second-order valence-electron chi connectivity index (χ2n) is 7.95. The Balaban J connectivity index is 1.83. The average molecular weight is 353 g/mol. The van der Waals surface area contributed by atoms with Crippen LogP contribution in [0.5, 0.6) is 0 Å². The van der Waals surface area contributed by atoms with Crippen LogP contribution >= 0.6 is 11.3 Å². The van der Waals surface area contributed by atoms with Crippen LogP contribution < -0.4 is 5.32 Å². The predicted octanol–water partition coefficient (Wildman–Crippen LogP) is 5.29. The first-order chi connectivity index (χ1) is 11.8. The van der Waals surface area contributed by atoms with Crippen LogP contribution in [-0.4, -0.2) is 5.91 Å². The number of rotatable bonds is 2. The first kappa shape index (κ1) is 17.7. The largest absolute Gasteiger partial charge is 0.312 e. The number of anilines is 1. The molecule has 2 aromatic rings. The Morgan fingerprint density at radius 1 is 1.28 bits per heavy atom. The smallest absolute Gasteiger partial charge is 0.256 e. The molecule has 1 aliphatic rings. The van der Waals surface area contributed by atoms with Gasteiger partial charge in [-0.05, 0) is 53.9 Å². The fourth-order valence-corrected chi connectivity index (χ4v) is 4.61. The molecule has 3 rings (SSSR count). The maximum Gasteiger partial charge on any atom is 0.256 e. The summed E-state index contributed by atoms with van der Waals surface area (Å²) in [5.74, 6) is 0.495. The van der Waals surface area contributed by atoms with Gasteiger partial charge < -0.3 is 5.32 Å². The van der Waals surface area contributed by atoms with Crippen molar-refractivity contribution in [3.8, 4) is 6.07 Å². The summed E-state index contributed by atoms with van der Waals surface area (Å²) in [6, 6.07) is 10.0. The number of hydrogen-bond acceptors (Lipinski definition) is 3. The number of fused-ring (bicyclic) bond motifs is 1. The van der Waals surface area contributed by atoms with Crippen molar-refractivity contribution < 1.29 is 4.79 Å². The molecule has 0 saturated carbocycles. The number of nitrogens with zero attached hydrogens (tertiary/aromatic N) is 1. The number of thiophene rings is 1. The molecule has 1 aromatic carbocycles. The topological polar surface area (TPSA) is 52.9 Å². The van der Waals surface area contributed by atoms with E-state index in [1.165, 1.54) is 10.4 Å². The minimum Gasteiger partial charge on any atom is -0.312 e. The van der Waals surface area contributed by atoms with Gasteiger partial charge in [-0.1, -0.05) is 39.8 Å². The minimum atomic E-state index is -0.149. The van der Waals surface area contributed by atoms with Crippen molar-refractivity contribution in [3.63, 3.8) is 0 Å². The lowest BCUT2D eigenvalue weighted by molar-refractivity contribution is 0.102. The number of nitrogens with one attached hydrogen (secondary N) is 1. The summed E-state index contributed by atoms with van der Waals surface area (Å²) in [5.41, 5.74) is 3.68. The van der Waals surface area contributed by atoms with E-state index in [-0.39, 0.29) is 11.3 Å². The number of amides is 1. The molecular formula is C21H24N2OS. The molecule has 0 aliphatic heterocycles. The Morgan fingerprint density at radius 2 is 1.96 bits per heavy atom. The third-order valence-corrected chi connectivity index (χ3v) is 6.03. The fraction of sp³-hybridized carbons (Fsp3) is 0.429. The van der Waals surface area contributed by atoms with E-state index < -0.39 is 0 Å². The summed E-state index contributed by atoms with van der Waals surface area (Å²) in [6.45, 7) is 8.69. The molecule has 1 atom stereocenters. The van der Waals surface area contributed by atoms with Gasteiger partial charge in [-0.25, -0.2) is 0 Å². The third kappa shape index (κ3) is 3.62. The first-order valence-electron chi connectivity index (χ1n) is 8.76. The maximum atomic E-state index is 12.6. The van der Waals surface area contributed by atoms with Gasteiger partial charge in [0.1, 0.15) is 11.1 Å². The normalized spacial score (nSPS) is 16.8. The molecule has 3 nitrogen and oxygen atoms in total. The molecule has 1 aliphatic carbocycles. The molecule has 0 fully saturated rings. The van der Waals surface area contributed by atoms with E-state index in [1.807, 2.05) is 24.3 Å². The molecule has 0 bridgehead atoms. The van der Waals surface area contributed by atoms with E-state index in [2.05, 4.69) is 39.1 Å². The fourth-order valence-electron chi connectivity index (χ4n) is 3.25. The highest BCUT2D eigenvalue weighted by Crippen LogP contribution is 2.39. The number of nitriles is 1. The lowest BCUT2D eigenvalue weighted by atomic mass is 9.86. The molecule has 25 heavy (non-hydrogen) atoms. The van der Waals surface area contributed by atoms with Crippen molar-refractivity contribution in [2.24, 2.45) is 5.92 Å². The molecule has 1 amide bonds. The molecule has 0 spiro atoms. The average Bonchev–Trinajstić information content (AvgIpc) is 2.90. The minimum absolute atomic E-state index is 0.0620. The zero-order valence-electron chi connectivity index (χ0n) is 15.3. The monoisotopic (exact) mass is 352 g/mol. The molecule has 1 aromatic heterocycles. The number of carbonyl (C=O) groups is 1. The van der Waals surface area contributed by atoms with Gasteiger partial charge in [0.05, 0.1) is 5.56 Å². The van der Waals surface area contributed by atoms with Gasteiger partial charge in [0.2, 0.25) is 0 Å². The van der Waals surface area contributed by atoms with Crippen LogP contribution in [0.1, 0.15) is 66.0 Å². The zero-order chi connectivity index (χ0) is 18.2. The van der Waals surface area contributed by atoms with Crippen molar-refractivity contribution in [3.05, 3.63) is 51.4 Å². The van der Waals surface area contributed by atoms with Gasteiger partial charge in [-0.2, -0.15) is 5.26 Å². The highest BCUT2D eigenvalue weighted by Gasteiger charge is 2.25. The standard InChI is InChI=1S/C21H24N2OS/c1-13-5-10-16-17(12-22)20(25-18(16)11-13)23-19(24)14-6-8-15(9-7-14)21(2,3)4/h6-9,13H,5,10-11H2,1-4H3,(H,23,24)/t13-/m1/s1. The van der Waals surface area contributed by atoms with Crippen LogP contribution in [0.2, 0.25) is 0 Å². The van der Waals surface area contributed by atoms with Crippen molar-refractivity contribution >= 4 is 22.2 Å². The zero-order valence-corrected chi connectivity index (χ0v) is 16.1.